The Hall–Kier alpha value is -1.94. The van der Waals surface area contributed by atoms with E-state index in [0.717, 1.165) is 15.8 Å². The van der Waals surface area contributed by atoms with Gasteiger partial charge in [-0.15, -0.1) is 0 Å². The second-order valence-electron chi connectivity index (χ2n) is 6.84. The van der Waals surface area contributed by atoms with Crippen molar-refractivity contribution >= 4 is 37.5 Å². The van der Waals surface area contributed by atoms with E-state index >= 15 is 0 Å². The minimum atomic E-state index is -3.56. The molecule has 0 saturated carbocycles. The molecule has 1 aliphatic rings. The molecular weight excluding hydrogens is 458 g/mol. The Balaban J connectivity index is 1.64. The Bertz CT molecular complexity index is 972. The summed E-state index contributed by atoms with van der Waals surface area (Å²) in [7, 11) is -1.91. The zero-order chi connectivity index (χ0) is 21.0. The quantitative estimate of drug-likeness (QED) is 0.685. The van der Waals surface area contributed by atoms with E-state index in [-0.39, 0.29) is 10.8 Å². The van der Waals surface area contributed by atoms with Gasteiger partial charge in [-0.2, -0.15) is 4.31 Å². The van der Waals surface area contributed by atoms with Crippen LogP contribution in [0.5, 0.6) is 5.75 Å². The van der Waals surface area contributed by atoms with Gasteiger partial charge in [0.2, 0.25) is 15.9 Å². The van der Waals surface area contributed by atoms with Gasteiger partial charge in [0.1, 0.15) is 5.75 Å². The number of amides is 1. The van der Waals surface area contributed by atoms with E-state index in [1.165, 1.54) is 23.4 Å². The van der Waals surface area contributed by atoms with E-state index in [1.54, 1.807) is 19.2 Å². The molecule has 0 atom stereocenters. The van der Waals surface area contributed by atoms with Gasteiger partial charge in [-0.25, -0.2) is 8.42 Å². The van der Waals surface area contributed by atoms with Crippen molar-refractivity contribution in [2.24, 2.45) is 0 Å². The summed E-state index contributed by atoms with van der Waals surface area (Å²) in [5.74, 6) is 0.626. The predicted octanol–water partition coefficient (Wildman–Crippen LogP) is 2.92. The zero-order valence-electron chi connectivity index (χ0n) is 16.4. The maximum Gasteiger partial charge on any atom is 0.243 e. The molecule has 1 N–H and O–H groups in total. The minimum absolute atomic E-state index is 0.196. The number of hydrogen-bond donors (Lipinski definition) is 1. The Morgan fingerprint density at radius 2 is 1.76 bits per heavy atom. The lowest BCUT2D eigenvalue weighted by Gasteiger charge is -2.34. The Labute approximate surface area is 179 Å². The second kappa shape index (κ2) is 9.25. The maximum absolute atomic E-state index is 12.9. The average Bonchev–Trinajstić information content (AvgIpc) is 2.68. The molecule has 1 amide bonds. The third kappa shape index (κ3) is 5.36. The molecule has 156 valence electrons. The van der Waals surface area contributed by atoms with Crippen molar-refractivity contribution in [1.82, 2.24) is 9.21 Å². The molecule has 1 aliphatic heterocycles. The van der Waals surface area contributed by atoms with Crippen molar-refractivity contribution in [3.05, 3.63) is 52.5 Å². The molecule has 1 fully saturated rings. The minimum Gasteiger partial charge on any atom is -0.496 e. The van der Waals surface area contributed by atoms with Crippen LogP contribution in [0.15, 0.2) is 51.8 Å². The summed E-state index contributed by atoms with van der Waals surface area (Å²) >= 11 is 3.49. The molecule has 1 saturated heterocycles. The molecule has 9 heteroatoms. The number of piperazine rings is 1. The monoisotopic (exact) mass is 481 g/mol. The first-order valence-corrected chi connectivity index (χ1v) is 11.5. The van der Waals surface area contributed by atoms with Crippen LogP contribution in [0.4, 0.5) is 5.69 Å². The van der Waals surface area contributed by atoms with Crippen LogP contribution in [-0.2, 0) is 21.4 Å². The van der Waals surface area contributed by atoms with Gasteiger partial charge in [0.05, 0.1) is 12.0 Å². The number of ether oxygens (including phenoxy) is 1. The highest BCUT2D eigenvalue weighted by atomic mass is 79.9. The van der Waals surface area contributed by atoms with E-state index < -0.39 is 10.0 Å². The van der Waals surface area contributed by atoms with Gasteiger partial charge >= 0.3 is 0 Å². The molecule has 2 aromatic rings. The second-order valence-corrected chi connectivity index (χ2v) is 9.70. The lowest BCUT2D eigenvalue weighted by Crippen LogP contribution is -2.48. The summed E-state index contributed by atoms with van der Waals surface area (Å²) in [5, 5.41) is 2.64. The Morgan fingerprint density at radius 1 is 1.10 bits per heavy atom. The van der Waals surface area contributed by atoms with Gasteiger partial charge in [-0.05, 0) is 42.5 Å². The summed E-state index contributed by atoms with van der Waals surface area (Å²) < 4.78 is 33.8. The largest absolute Gasteiger partial charge is 0.496 e. The SMILES string of the molecule is COc1ccc(Br)cc1CN1CCN(S(=O)(=O)c2ccc(NC(C)=O)cc2)CC1. The fraction of sp³-hybridized carbons (Fsp3) is 0.350. The van der Waals surface area contributed by atoms with Gasteiger partial charge in [-0.1, -0.05) is 15.9 Å². The number of sulfonamides is 1. The molecule has 0 radical (unpaired) electrons. The molecule has 0 spiro atoms. The zero-order valence-corrected chi connectivity index (χ0v) is 18.8. The number of carbonyl (C=O) groups is 1. The lowest BCUT2D eigenvalue weighted by atomic mass is 10.2. The van der Waals surface area contributed by atoms with E-state index in [9.17, 15) is 13.2 Å². The predicted molar refractivity (Wildman–Crippen MR) is 115 cm³/mol. The van der Waals surface area contributed by atoms with E-state index in [2.05, 4.69) is 26.1 Å². The van der Waals surface area contributed by atoms with Gasteiger partial charge < -0.3 is 10.1 Å². The van der Waals surface area contributed by atoms with Crippen LogP contribution >= 0.6 is 15.9 Å². The third-order valence-corrected chi connectivity index (χ3v) is 7.19. The number of carbonyl (C=O) groups excluding carboxylic acids is 1. The van der Waals surface area contributed by atoms with E-state index in [4.69, 9.17) is 4.74 Å². The number of benzene rings is 2. The highest BCUT2D eigenvalue weighted by Gasteiger charge is 2.28. The smallest absolute Gasteiger partial charge is 0.243 e. The van der Waals surface area contributed by atoms with Crippen LogP contribution in [0.1, 0.15) is 12.5 Å². The fourth-order valence-electron chi connectivity index (χ4n) is 3.30. The normalized spacial score (nSPS) is 15.8. The standard InChI is InChI=1S/C20H24BrN3O4S/c1-15(25)22-18-4-6-19(7-5-18)29(26,27)24-11-9-23(10-12-24)14-16-13-17(21)3-8-20(16)28-2/h3-8,13H,9-12,14H2,1-2H3,(H,22,25). The van der Waals surface area contributed by atoms with Crippen LogP contribution in [0.25, 0.3) is 0 Å². The number of hydrogen-bond acceptors (Lipinski definition) is 5. The number of anilines is 1. The molecular formula is C20H24BrN3O4S. The van der Waals surface area contributed by atoms with Crippen LogP contribution in [0, 0.1) is 0 Å². The van der Waals surface area contributed by atoms with Crippen molar-refractivity contribution in [1.29, 1.82) is 0 Å². The maximum atomic E-state index is 12.9. The number of rotatable bonds is 6. The van der Waals surface area contributed by atoms with Crippen molar-refractivity contribution < 1.29 is 17.9 Å². The van der Waals surface area contributed by atoms with Gasteiger partial charge in [0.25, 0.3) is 0 Å². The van der Waals surface area contributed by atoms with E-state index in [1.807, 2.05) is 18.2 Å². The molecule has 0 aromatic heterocycles. The van der Waals surface area contributed by atoms with Crippen LogP contribution in [-0.4, -0.2) is 56.8 Å². The first-order chi connectivity index (χ1) is 13.8. The number of nitrogens with zero attached hydrogens (tertiary/aromatic N) is 2. The molecule has 0 bridgehead atoms. The number of nitrogens with one attached hydrogen (secondary N) is 1. The highest BCUT2D eigenvalue weighted by molar-refractivity contribution is 9.10. The third-order valence-electron chi connectivity index (χ3n) is 4.78. The topological polar surface area (TPSA) is 79.0 Å². The number of halogens is 1. The molecule has 2 aromatic carbocycles. The lowest BCUT2D eigenvalue weighted by molar-refractivity contribution is -0.114. The van der Waals surface area contributed by atoms with E-state index in [0.29, 0.717) is 38.4 Å². The summed E-state index contributed by atoms with van der Waals surface area (Å²) in [4.78, 5) is 13.6. The van der Waals surface area contributed by atoms with Crippen LogP contribution in [0.3, 0.4) is 0 Å². The van der Waals surface area contributed by atoms with Gasteiger partial charge in [-0.3, -0.25) is 9.69 Å². The first-order valence-electron chi connectivity index (χ1n) is 9.22. The molecule has 3 rings (SSSR count). The fourth-order valence-corrected chi connectivity index (χ4v) is 5.13. The van der Waals surface area contributed by atoms with Gasteiger partial charge in [0, 0.05) is 55.4 Å². The van der Waals surface area contributed by atoms with Crippen molar-refractivity contribution in [2.45, 2.75) is 18.4 Å². The highest BCUT2D eigenvalue weighted by Crippen LogP contribution is 2.26. The average molecular weight is 482 g/mol. The molecule has 29 heavy (non-hydrogen) atoms. The molecule has 7 nitrogen and oxygen atoms in total. The van der Waals surface area contributed by atoms with Crippen molar-refractivity contribution in [3.63, 3.8) is 0 Å². The van der Waals surface area contributed by atoms with Crippen molar-refractivity contribution in [2.75, 3.05) is 38.6 Å². The summed E-state index contributed by atoms with van der Waals surface area (Å²) in [5.41, 5.74) is 1.64. The van der Waals surface area contributed by atoms with Crippen molar-refractivity contribution in [3.8, 4) is 5.75 Å². The van der Waals surface area contributed by atoms with Gasteiger partial charge in [0.15, 0.2) is 0 Å². The molecule has 1 heterocycles. The molecule has 0 unspecified atom stereocenters. The van der Waals surface area contributed by atoms with Crippen LogP contribution in [0.2, 0.25) is 0 Å². The number of methoxy groups -OCH3 is 1. The van der Waals surface area contributed by atoms with Crippen LogP contribution < -0.4 is 10.1 Å². The Kier molecular flexibility index (Phi) is 6.94. The summed E-state index contributed by atoms with van der Waals surface area (Å²) in [6.45, 7) is 4.23. The summed E-state index contributed by atoms with van der Waals surface area (Å²) in [6.07, 6.45) is 0. The first kappa shape index (κ1) is 21.8. The molecule has 0 aliphatic carbocycles. The Morgan fingerprint density at radius 3 is 2.34 bits per heavy atom. The summed E-state index contributed by atoms with van der Waals surface area (Å²) in [6, 6.07) is 12.1.